The van der Waals surface area contributed by atoms with Gasteiger partial charge < -0.3 is 19.4 Å². The van der Waals surface area contributed by atoms with Gasteiger partial charge in [0.15, 0.2) is 0 Å². The first-order chi connectivity index (χ1) is 19.5. The molecule has 2 saturated heterocycles. The summed E-state index contributed by atoms with van der Waals surface area (Å²) in [5, 5.41) is 0.439. The number of nitrogens with zero attached hydrogens (tertiary/aromatic N) is 4. The number of rotatable bonds is 7. The van der Waals surface area contributed by atoms with Crippen LogP contribution in [0.4, 0.5) is 10.1 Å². The van der Waals surface area contributed by atoms with Gasteiger partial charge in [-0.3, -0.25) is 9.80 Å². The number of ether oxygens (including phenoxy) is 2. The highest BCUT2D eigenvalue weighted by Gasteiger charge is 2.54. The van der Waals surface area contributed by atoms with Gasteiger partial charge in [0.1, 0.15) is 28.7 Å². The van der Waals surface area contributed by atoms with Crippen molar-refractivity contribution in [3.63, 3.8) is 0 Å². The Morgan fingerprint density at radius 2 is 1.77 bits per heavy atom. The van der Waals surface area contributed by atoms with E-state index in [1.807, 2.05) is 6.92 Å². The molecule has 208 valence electrons. The second-order valence-electron chi connectivity index (χ2n) is 11.8. The number of methoxy groups -OCH3 is 1. The fourth-order valence-electron chi connectivity index (χ4n) is 6.71. The summed E-state index contributed by atoms with van der Waals surface area (Å²) in [6.07, 6.45) is 5.55. The van der Waals surface area contributed by atoms with Crippen LogP contribution in [0.15, 0.2) is 60.9 Å². The molecule has 1 N–H and O–H groups in total. The Kier molecular flexibility index (Phi) is 6.40. The molecule has 2 aromatic heterocycles. The average Bonchev–Trinajstić information content (AvgIpc) is 3.30. The molecule has 7 rings (SSSR count). The summed E-state index contributed by atoms with van der Waals surface area (Å²) in [6, 6.07) is 17.3. The maximum Gasteiger partial charge on any atom is 0.150 e. The van der Waals surface area contributed by atoms with Gasteiger partial charge in [0.05, 0.1) is 18.7 Å². The van der Waals surface area contributed by atoms with Gasteiger partial charge in [-0.1, -0.05) is 18.2 Å². The van der Waals surface area contributed by atoms with E-state index in [-0.39, 0.29) is 5.82 Å². The summed E-state index contributed by atoms with van der Waals surface area (Å²) in [5.41, 5.74) is 4.56. The van der Waals surface area contributed by atoms with Crippen LogP contribution in [0, 0.1) is 18.2 Å². The van der Waals surface area contributed by atoms with Crippen LogP contribution in [-0.4, -0.2) is 72.2 Å². The minimum atomic E-state index is -0.321. The minimum Gasteiger partial charge on any atom is -0.497 e. The molecule has 3 aliphatic rings. The molecular formula is C32H36FN5O2. The Morgan fingerprint density at radius 1 is 1.00 bits per heavy atom. The van der Waals surface area contributed by atoms with E-state index >= 15 is 0 Å². The number of benzene rings is 2. The summed E-state index contributed by atoms with van der Waals surface area (Å²) in [7, 11) is 1.71. The molecule has 0 bridgehead atoms. The maximum atomic E-state index is 14.0. The molecule has 1 aliphatic carbocycles. The first-order valence-electron chi connectivity index (χ1n) is 14.2. The molecule has 0 unspecified atom stereocenters. The van der Waals surface area contributed by atoms with Crippen LogP contribution < -0.4 is 14.4 Å². The SMILES string of the molecule is COc1ccc(CN2CCN(C3CC4(C3)CN(c3ccc(C)c(Oc5cnc6[nH]cc(F)c6c5)c3)C4)CC2)cc1. The normalized spacial score (nSPS) is 19.5. The summed E-state index contributed by atoms with van der Waals surface area (Å²) < 4.78 is 25.4. The van der Waals surface area contributed by atoms with Crippen molar-refractivity contribution < 1.29 is 13.9 Å². The number of hydrogen-bond acceptors (Lipinski definition) is 6. The van der Waals surface area contributed by atoms with Gasteiger partial charge in [-0.15, -0.1) is 0 Å². The maximum absolute atomic E-state index is 14.0. The monoisotopic (exact) mass is 541 g/mol. The van der Waals surface area contributed by atoms with Gasteiger partial charge in [-0.05, 0) is 55.2 Å². The van der Waals surface area contributed by atoms with Gasteiger partial charge in [0.25, 0.3) is 0 Å². The molecule has 40 heavy (non-hydrogen) atoms. The molecule has 4 heterocycles. The lowest BCUT2D eigenvalue weighted by molar-refractivity contribution is -0.0380. The zero-order valence-corrected chi connectivity index (χ0v) is 23.2. The first-order valence-corrected chi connectivity index (χ1v) is 14.2. The molecule has 0 radical (unpaired) electrons. The van der Waals surface area contributed by atoms with Crippen molar-refractivity contribution in [2.45, 2.75) is 32.4 Å². The van der Waals surface area contributed by atoms with Gasteiger partial charge >= 0.3 is 0 Å². The number of fused-ring (bicyclic) bond motifs is 1. The molecule has 7 nitrogen and oxygen atoms in total. The number of aromatic nitrogens is 2. The third-order valence-corrected chi connectivity index (χ3v) is 9.10. The lowest BCUT2D eigenvalue weighted by Crippen LogP contribution is -2.68. The summed E-state index contributed by atoms with van der Waals surface area (Å²) in [5.74, 6) is 1.92. The number of aryl methyl sites for hydroxylation is 1. The van der Waals surface area contributed by atoms with Crippen molar-refractivity contribution in [2.75, 3.05) is 51.3 Å². The van der Waals surface area contributed by atoms with E-state index in [1.54, 1.807) is 19.4 Å². The predicted molar refractivity (Wildman–Crippen MR) is 155 cm³/mol. The standard InChI is InChI=1S/C32H36FN5O2/c1-22-3-6-24(13-30(22)40-27-14-28-29(33)18-35-31(28)34-17-27)38-20-32(21-38)15-25(16-32)37-11-9-36(10-12-37)19-23-4-7-26(39-2)8-5-23/h3-8,13-14,17-18,25H,9-12,15-16,19-21H2,1-2H3,(H,34,35). The number of nitrogens with one attached hydrogen (secondary N) is 1. The zero-order valence-electron chi connectivity index (χ0n) is 23.2. The average molecular weight is 542 g/mol. The number of piperazine rings is 1. The van der Waals surface area contributed by atoms with E-state index in [0.717, 1.165) is 68.9 Å². The predicted octanol–water partition coefficient (Wildman–Crippen LogP) is 5.60. The second kappa shape index (κ2) is 10.1. The molecule has 1 spiro atoms. The first kappa shape index (κ1) is 25.4. The Labute approximate surface area is 234 Å². The molecular weight excluding hydrogens is 505 g/mol. The number of hydrogen-bond donors (Lipinski definition) is 1. The minimum absolute atomic E-state index is 0.321. The van der Waals surface area contributed by atoms with Crippen LogP contribution in [0.1, 0.15) is 24.0 Å². The lowest BCUT2D eigenvalue weighted by atomic mass is 9.60. The lowest BCUT2D eigenvalue weighted by Gasteiger charge is -2.62. The fraction of sp³-hybridized carbons (Fsp3) is 0.406. The molecule has 1 saturated carbocycles. The largest absolute Gasteiger partial charge is 0.497 e. The van der Waals surface area contributed by atoms with Crippen LogP contribution in [0.2, 0.25) is 0 Å². The van der Waals surface area contributed by atoms with Gasteiger partial charge in [-0.25, -0.2) is 9.37 Å². The van der Waals surface area contributed by atoms with Crippen molar-refractivity contribution in [2.24, 2.45) is 5.41 Å². The highest BCUT2D eigenvalue weighted by atomic mass is 19.1. The van der Waals surface area contributed by atoms with E-state index in [4.69, 9.17) is 9.47 Å². The smallest absolute Gasteiger partial charge is 0.150 e. The topological polar surface area (TPSA) is 56.9 Å². The van der Waals surface area contributed by atoms with E-state index in [2.05, 4.69) is 67.1 Å². The van der Waals surface area contributed by atoms with E-state index in [0.29, 0.717) is 22.2 Å². The Hall–Kier alpha value is -3.62. The van der Waals surface area contributed by atoms with E-state index in [1.165, 1.54) is 30.3 Å². The Morgan fingerprint density at radius 3 is 2.52 bits per heavy atom. The molecule has 2 aliphatic heterocycles. The van der Waals surface area contributed by atoms with Crippen molar-refractivity contribution in [3.8, 4) is 17.2 Å². The molecule has 8 heteroatoms. The van der Waals surface area contributed by atoms with Crippen LogP contribution in [-0.2, 0) is 6.54 Å². The highest BCUT2D eigenvalue weighted by Crippen LogP contribution is 2.52. The summed E-state index contributed by atoms with van der Waals surface area (Å²) in [4.78, 5) is 14.9. The van der Waals surface area contributed by atoms with Crippen LogP contribution in [0.3, 0.4) is 0 Å². The van der Waals surface area contributed by atoms with Gasteiger partial charge in [-0.2, -0.15) is 0 Å². The highest BCUT2D eigenvalue weighted by molar-refractivity contribution is 5.77. The van der Waals surface area contributed by atoms with Crippen molar-refractivity contribution in [3.05, 3.63) is 77.9 Å². The molecule has 4 aromatic rings. The van der Waals surface area contributed by atoms with Gasteiger partial charge in [0.2, 0.25) is 0 Å². The number of halogens is 1. The number of pyridine rings is 1. The van der Waals surface area contributed by atoms with Crippen LogP contribution in [0.25, 0.3) is 11.0 Å². The number of anilines is 1. The third kappa shape index (κ3) is 4.80. The third-order valence-electron chi connectivity index (χ3n) is 9.10. The fourth-order valence-corrected chi connectivity index (χ4v) is 6.71. The zero-order chi connectivity index (χ0) is 27.3. The quantitative estimate of drug-likeness (QED) is 0.329. The van der Waals surface area contributed by atoms with Gasteiger partial charge in [0, 0.05) is 75.2 Å². The van der Waals surface area contributed by atoms with Crippen molar-refractivity contribution in [1.82, 2.24) is 19.8 Å². The van der Waals surface area contributed by atoms with Crippen LogP contribution >= 0.6 is 0 Å². The Balaban J connectivity index is 0.905. The summed E-state index contributed by atoms with van der Waals surface area (Å²) in [6.45, 7) is 9.83. The van der Waals surface area contributed by atoms with Crippen molar-refractivity contribution >= 4 is 16.7 Å². The Bertz CT molecular complexity index is 1500. The molecule has 0 amide bonds. The van der Waals surface area contributed by atoms with Crippen LogP contribution in [0.5, 0.6) is 17.2 Å². The number of aromatic amines is 1. The van der Waals surface area contributed by atoms with Crippen molar-refractivity contribution in [1.29, 1.82) is 0 Å². The van der Waals surface area contributed by atoms with E-state index < -0.39 is 0 Å². The molecule has 2 aromatic carbocycles. The molecule has 3 fully saturated rings. The summed E-state index contributed by atoms with van der Waals surface area (Å²) >= 11 is 0. The number of H-pyrrole nitrogens is 1. The van der Waals surface area contributed by atoms with E-state index in [9.17, 15) is 4.39 Å². The second-order valence-corrected chi connectivity index (χ2v) is 11.8. The molecule has 0 atom stereocenters.